The van der Waals surface area contributed by atoms with Gasteiger partial charge >= 0.3 is 0 Å². The van der Waals surface area contributed by atoms with Gasteiger partial charge in [0.1, 0.15) is 11.2 Å². The second-order valence-electron chi connectivity index (χ2n) is 34.5. The number of fused-ring (bicyclic) bond motifs is 12. The molecule has 0 bridgehead atoms. The third kappa shape index (κ3) is 8.71. The van der Waals surface area contributed by atoms with Crippen molar-refractivity contribution in [3.05, 3.63) is 260 Å². The van der Waals surface area contributed by atoms with E-state index in [0.717, 1.165) is 63.2 Å². The summed E-state index contributed by atoms with van der Waals surface area (Å²) >= 11 is 0. The highest BCUT2D eigenvalue weighted by atomic mass is 16.3. The molecule has 0 amide bonds. The molecule has 0 saturated carbocycles. The van der Waals surface area contributed by atoms with Crippen molar-refractivity contribution in [1.82, 2.24) is 0 Å². The van der Waals surface area contributed by atoms with E-state index in [1.54, 1.807) is 0 Å². The van der Waals surface area contributed by atoms with E-state index < -0.39 is 0 Å². The van der Waals surface area contributed by atoms with Gasteiger partial charge in [-0.2, -0.15) is 0 Å². The zero-order valence-corrected chi connectivity index (χ0v) is 60.1. The topological polar surface area (TPSA) is 22.9 Å². The number of hydrogen-bond acceptors (Lipinski definition) is 4. The minimum Gasteiger partial charge on any atom is -0.456 e. The van der Waals surface area contributed by atoms with Gasteiger partial charge in [0.25, 0.3) is 6.71 Å². The fourth-order valence-corrected chi connectivity index (χ4v) is 18.7. The first kappa shape index (κ1) is 61.3. The molecule has 1 aromatic heterocycles. The van der Waals surface area contributed by atoms with Crippen LogP contribution in [-0.2, 0) is 43.3 Å². The second-order valence-corrected chi connectivity index (χ2v) is 34.5. The predicted octanol–water partition coefficient (Wildman–Crippen LogP) is 22.6. The molecular formula is C90H94BN3O. The van der Waals surface area contributed by atoms with Gasteiger partial charge in [0.15, 0.2) is 0 Å². The lowest BCUT2D eigenvalue weighted by molar-refractivity contribution is 0.330. The molecule has 10 aromatic carbocycles. The van der Waals surface area contributed by atoms with Gasteiger partial charge in [-0.25, -0.2) is 0 Å². The molecule has 478 valence electrons. The first-order valence-corrected chi connectivity index (χ1v) is 35.2. The van der Waals surface area contributed by atoms with E-state index in [0.29, 0.717) is 0 Å². The van der Waals surface area contributed by atoms with E-state index in [-0.39, 0.29) is 50.0 Å². The molecule has 0 fully saturated rings. The minimum atomic E-state index is -0.327. The van der Waals surface area contributed by atoms with Crippen molar-refractivity contribution in [1.29, 1.82) is 0 Å². The summed E-state index contributed by atoms with van der Waals surface area (Å²) < 4.78 is 6.97. The van der Waals surface area contributed by atoms with Crippen LogP contribution in [0.4, 0.5) is 51.2 Å². The van der Waals surface area contributed by atoms with Gasteiger partial charge in [0.05, 0.1) is 22.4 Å². The third-order valence-corrected chi connectivity index (χ3v) is 24.2. The first-order chi connectivity index (χ1) is 44.7. The van der Waals surface area contributed by atoms with Crippen molar-refractivity contribution >= 4 is 96.2 Å². The number of nitrogens with zero attached hydrogens (tertiary/aromatic N) is 3. The van der Waals surface area contributed by atoms with Crippen molar-refractivity contribution in [2.45, 2.75) is 195 Å². The standard InChI is InChI=1S/C90H94BN3O/c1-53-46-69-80(86(11,12)45-44-85(69,9)10)54(2)82(53)94-74-52-68-66(88(15,16)62-30-23-25-32-64(62)90(68,19)20)50-71(74)91-70-49-65-67(89(17,18)63-31-24-22-29-61(63)87(65,13)14)51-73(70)93(72-33-27-35-78-79(72)60-28-21-26-34-77(60)95-78)75-47-59(48-76(94)81(75)91)92(57-40-36-55(37-41-57)83(3,4)5)58-42-38-56(39-43-58)84(6,7)8/h21-43,46-52H,44-45H2,1-20H3. The van der Waals surface area contributed by atoms with Crippen molar-refractivity contribution in [2.75, 3.05) is 14.7 Å². The zero-order chi connectivity index (χ0) is 67.0. The first-order valence-electron chi connectivity index (χ1n) is 35.2. The van der Waals surface area contributed by atoms with E-state index in [1.807, 2.05) is 0 Å². The Bertz CT molecular complexity index is 5010. The highest BCUT2D eigenvalue weighted by Crippen LogP contribution is 2.59. The van der Waals surface area contributed by atoms with Gasteiger partial charge in [-0.05, 0) is 209 Å². The fourth-order valence-electron chi connectivity index (χ4n) is 18.7. The second kappa shape index (κ2) is 20.0. The lowest BCUT2D eigenvalue weighted by atomic mass is 9.32. The third-order valence-electron chi connectivity index (χ3n) is 24.2. The van der Waals surface area contributed by atoms with Gasteiger partial charge in [-0.3, -0.25) is 0 Å². The number of anilines is 9. The summed E-state index contributed by atoms with van der Waals surface area (Å²) in [6.07, 6.45) is 2.27. The molecule has 5 heteroatoms. The summed E-state index contributed by atoms with van der Waals surface area (Å²) in [6.45, 7) is 48.5. The molecule has 95 heavy (non-hydrogen) atoms. The molecule has 3 heterocycles. The highest BCUT2D eigenvalue weighted by molar-refractivity contribution is 7.00. The maximum absolute atomic E-state index is 6.97. The largest absolute Gasteiger partial charge is 0.456 e. The Hall–Kier alpha value is -8.54. The molecule has 16 rings (SSSR count). The highest BCUT2D eigenvalue weighted by Gasteiger charge is 2.52. The van der Waals surface area contributed by atoms with Crippen molar-refractivity contribution < 1.29 is 4.42 Å². The molecule has 11 aromatic rings. The molecule has 0 atom stereocenters. The van der Waals surface area contributed by atoms with Crippen LogP contribution in [0.15, 0.2) is 186 Å². The smallest absolute Gasteiger partial charge is 0.252 e. The molecule has 0 unspecified atom stereocenters. The van der Waals surface area contributed by atoms with Crippen LogP contribution in [0.2, 0.25) is 0 Å². The Balaban J connectivity index is 1.11. The Morgan fingerprint density at radius 3 is 1.32 bits per heavy atom. The average molecular weight is 1240 g/mol. The van der Waals surface area contributed by atoms with Crippen molar-refractivity contribution in [3.8, 4) is 0 Å². The van der Waals surface area contributed by atoms with Crippen LogP contribution in [-0.4, -0.2) is 6.71 Å². The summed E-state index contributed by atoms with van der Waals surface area (Å²) in [5.74, 6) is 0. The quantitative estimate of drug-likeness (QED) is 0.160. The molecule has 0 saturated heterocycles. The number of furan rings is 1. The van der Waals surface area contributed by atoms with Crippen LogP contribution in [0.3, 0.4) is 0 Å². The monoisotopic (exact) mass is 1240 g/mol. The summed E-state index contributed by atoms with van der Waals surface area (Å²) in [4.78, 5) is 8.07. The van der Waals surface area contributed by atoms with Gasteiger partial charge in [0.2, 0.25) is 0 Å². The maximum Gasteiger partial charge on any atom is 0.252 e. The van der Waals surface area contributed by atoms with E-state index >= 15 is 0 Å². The summed E-state index contributed by atoms with van der Waals surface area (Å²) in [5.41, 5.74) is 34.3. The van der Waals surface area contributed by atoms with Gasteiger partial charge < -0.3 is 19.1 Å². The normalized spacial score (nSPS) is 17.8. The Kier molecular flexibility index (Phi) is 12.9. The summed E-state index contributed by atoms with van der Waals surface area (Å²) in [6, 6.07) is 71.6. The zero-order valence-electron chi connectivity index (χ0n) is 60.1. The van der Waals surface area contributed by atoms with E-state index in [4.69, 9.17) is 4.42 Å². The summed E-state index contributed by atoms with van der Waals surface area (Å²) in [5, 5.41) is 2.21. The Labute approximate surface area is 566 Å². The Morgan fingerprint density at radius 1 is 0.389 bits per heavy atom. The van der Waals surface area contributed by atoms with Gasteiger partial charge in [-0.1, -0.05) is 240 Å². The molecule has 0 spiro atoms. The molecule has 3 aliphatic carbocycles. The lowest BCUT2D eigenvalue weighted by Gasteiger charge is -2.50. The number of rotatable bonds is 5. The SMILES string of the molecule is Cc1cc2c(c(C)c1N1c3cc4c(cc3B3c5cc6c(cc5N(c5cccc7oc8ccccc8c57)c5cc(N(c7ccc(C(C)(C)C)cc7)c7ccc(C(C)(C)C)cc7)cc1c53)C(C)(C)c1ccccc1C6(C)C)C(C)(C)c1ccccc1C4(C)C)C(C)(C)CCC2(C)C. The van der Waals surface area contributed by atoms with Crippen molar-refractivity contribution in [3.63, 3.8) is 0 Å². The molecular weight excluding hydrogens is 1150 g/mol. The van der Waals surface area contributed by atoms with Crippen LogP contribution in [0.5, 0.6) is 0 Å². The molecule has 0 N–H and O–H groups in total. The van der Waals surface area contributed by atoms with Gasteiger partial charge in [0, 0.05) is 61.2 Å². The molecule has 0 radical (unpaired) electrons. The van der Waals surface area contributed by atoms with E-state index in [2.05, 4.69) is 335 Å². The average Bonchev–Trinajstić information content (AvgIpc) is 0.758. The Morgan fingerprint density at radius 2 is 0.821 bits per heavy atom. The van der Waals surface area contributed by atoms with Crippen LogP contribution in [0, 0.1) is 13.8 Å². The van der Waals surface area contributed by atoms with Crippen LogP contribution in [0.1, 0.15) is 215 Å². The maximum atomic E-state index is 6.97. The number of benzene rings is 10. The van der Waals surface area contributed by atoms with Crippen molar-refractivity contribution in [2.24, 2.45) is 0 Å². The lowest BCUT2D eigenvalue weighted by Crippen LogP contribution is -2.62. The molecule has 2 aliphatic heterocycles. The number of para-hydroxylation sites is 1. The van der Waals surface area contributed by atoms with Crippen LogP contribution in [0.25, 0.3) is 21.9 Å². The van der Waals surface area contributed by atoms with Crippen LogP contribution >= 0.6 is 0 Å². The minimum absolute atomic E-state index is 0.0149. The van der Waals surface area contributed by atoms with Crippen LogP contribution < -0.4 is 31.1 Å². The molecule has 5 aliphatic rings. The predicted molar refractivity (Wildman–Crippen MR) is 406 cm³/mol. The summed E-state index contributed by atoms with van der Waals surface area (Å²) in [7, 11) is 0. The number of hydrogen-bond donors (Lipinski definition) is 0. The van der Waals surface area contributed by atoms with E-state index in [1.165, 1.54) is 117 Å². The number of aryl methyl sites for hydroxylation is 1. The van der Waals surface area contributed by atoms with E-state index in [9.17, 15) is 0 Å². The molecule has 4 nitrogen and oxygen atoms in total. The fraction of sp³-hybridized carbons (Fsp3) is 0.333. The van der Waals surface area contributed by atoms with Gasteiger partial charge in [-0.15, -0.1) is 0 Å².